The highest BCUT2D eigenvalue weighted by molar-refractivity contribution is 8.26. The summed E-state index contributed by atoms with van der Waals surface area (Å²) in [4.78, 5) is 37.0. The summed E-state index contributed by atoms with van der Waals surface area (Å²) in [5.74, 6) is -0.780. The molecule has 0 unspecified atom stereocenters. The number of carboxylic acid groups (broad SMARTS) is 1. The maximum atomic E-state index is 12.4. The predicted molar refractivity (Wildman–Crippen MR) is 128 cm³/mol. The average molecular weight is 489 g/mol. The molecule has 0 bridgehead atoms. The molecule has 0 saturated carbocycles. The van der Waals surface area contributed by atoms with Crippen molar-refractivity contribution >= 4 is 57.8 Å². The molecule has 1 saturated heterocycles. The van der Waals surface area contributed by atoms with E-state index < -0.39 is 18.4 Å². The maximum absolute atomic E-state index is 12.4. The Morgan fingerprint density at radius 1 is 1.12 bits per heavy atom. The van der Waals surface area contributed by atoms with Crippen molar-refractivity contribution in [3.05, 3.63) is 52.9 Å². The van der Waals surface area contributed by atoms with Gasteiger partial charge in [-0.05, 0) is 35.9 Å². The van der Waals surface area contributed by atoms with Crippen molar-refractivity contribution in [2.75, 3.05) is 32.7 Å². The van der Waals surface area contributed by atoms with Crippen molar-refractivity contribution in [1.82, 2.24) is 4.90 Å². The number of para-hydroxylation sites is 2. The van der Waals surface area contributed by atoms with Crippen molar-refractivity contribution in [3.8, 4) is 17.2 Å². The molecule has 2 aromatic carbocycles. The summed E-state index contributed by atoms with van der Waals surface area (Å²) < 4.78 is 16.3. The molecular weight excluding hydrogens is 468 g/mol. The first-order valence-corrected chi connectivity index (χ1v) is 10.8. The number of nitrogens with zero attached hydrogens (tertiary/aromatic N) is 1. The SMILES string of the molecule is COc1ccccc1NC(=O)COc1ccc(C=C2SC(=S)N(CC(=O)O)C2=O)cc1OC. The summed E-state index contributed by atoms with van der Waals surface area (Å²) in [5.41, 5.74) is 1.14. The second kappa shape index (κ2) is 10.8. The van der Waals surface area contributed by atoms with E-state index in [4.69, 9.17) is 31.5 Å². The van der Waals surface area contributed by atoms with Crippen molar-refractivity contribution in [2.45, 2.75) is 0 Å². The van der Waals surface area contributed by atoms with Crippen LogP contribution in [-0.2, 0) is 14.4 Å². The van der Waals surface area contributed by atoms with Gasteiger partial charge in [-0.25, -0.2) is 0 Å². The molecule has 1 heterocycles. The van der Waals surface area contributed by atoms with E-state index in [2.05, 4.69) is 5.32 Å². The van der Waals surface area contributed by atoms with Gasteiger partial charge < -0.3 is 24.6 Å². The smallest absolute Gasteiger partial charge is 0.323 e. The van der Waals surface area contributed by atoms with Crippen molar-refractivity contribution in [1.29, 1.82) is 0 Å². The number of hydrogen-bond donors (Lipinski definition) is 2. The molecule has 1 aliphatic rings. The first-order valence-electron chi connectivity index (χ1n) is 9.53. The minimum atomic E-state index is -1.15. The molecule has 1 fully saturated rings. The number of carboxylic acids is 1. The maximum Gasteiger partial charge on any atom is 0.323 e. The summed E-state index contributed by atoms with van der Waals surface area (Å²) in [6.07, 6.45) is 1.59. The third-order valence-corrected chi connectivity index (χ3v) is 5.77. The zero-order valence-electron chi connectivity index (χ0n) is 17.7. The molecule has 0 aromatic heterocycles. The number of anilines is 1. The zero-order chi connectivity index (χ0) is 24.0. The molecule has 0 atom stereocenters. The molecule has 11 heteroatoms. The molecule has 172 valence electrons. The van der Waals surface area contributed by atoms with Crippen LogP contribution in [0, 0.1) is 0 Å². The van der Waals surface area contributed by atoms with Crippen molar-refractivity contribution in [3.63, 3.8) is 0 Å². The number of thiocarbonyl (C=S) groups is 1. The van der Waals surface area contributed by atoms with E-state index in [1.165, 1.54) is 14.2 Å². The van der Waals surface area contributed by atoms with Gasteiger partial charge in [0.25, 0.3) is 11.8 Å². The van der Waals surface area contributed by atoms with E-state index in [0.717, 1.165) is 16.7 Å². The number of thioether (sulfide) groups is 1. The number of benzene rings is 2. The quantitative estimate of drug-likeness (QED) is 0.406. The standard InChI is InChI=1S/C22H20N2O7S2/c1-29-15-6-4-3-5-14(15)23-19(25)12-31-16-8-7-13(9-17(16)30-2)10-18-21(28)24(11-20(26)27)22(32)33-18/h3-10H,11-12H2,1-2H3,(H,23,25)(H,26,27). The van der Waals surface area contributed by atoms with Crippen LogP contribution in [0.3, 0.4) is 0 Å². The van der Waals surface area contributed by atoms with Gasteiger partial charge in [0.2, 0.25) is 0 Å². The van der Waals surface area contributed by atoms with Gasteiger partial charge >= 0.3 is 5.97 Å². The van der Waals surface area contributed by atoms with E-state index >= 15 is 0 Å². The van der Waals surface area contributed by atoms with Crippen LogP contribution in [0.2, 0.25) is 0 Å². The summed E-state index contributed by atoms with van der Waals surface area (Å²) in [7, 11) is 2.96. The van der Waals surface area contributed by atoms with Gasteiger partial charge in [0.15, 0.2) is 18.1 Å². The molecule has 1 aliphatic heterocycles. The lowest BCUT2D eigenvalue weighted by Gasteiger charge is -2.13. The summed E-state index contributed by atoms with van der Waals surface area (Å²) in [6.45, 7) is -0.753. The van der Waals surface area contributed by atoms with Crippen molar-refractivity contribution in [2.24, 2.45) is 0 Å². The van der Waals surface area contributed by atoms with Crippen LogP contribution in [0.1, 0.15) is 5.56 Å². The Labute approximate surface area is 199 Å². The molecule has 2 amide bonds. The van der Waals surface area contributed by atoms with Gasteiger partial charge in [-0.15, -0.1) is 0 Å². The van der Waals surface area contributed by atoms with Gasteiger partial charge in [-0.3, -0.25) is 19.3 Å². The van der Waals surface area contributed by atoms with E-state index in [1.807, 2.05) is 0 Å². The Balaban J connectivity index is 1.68. The number of ether oxygens (including phenoxy) is 3. The number of carbonyl (C=O) groups excluding carboxylic acids is 2. The van der Waals surface area contributed by atoms with Gasteiger partial charge in [-0.1, -0.05) is 42.2 Å². The fourth-order valence-electron chi connectivity index (χ4n) is 2.89. The molecule has 3 rings (SSSR count). The highest BCUT2D eigenvalue weighted by atomic mass is 32.2. The molecule has 0 spiro atoms. The number of hydrogen-bond acceptors (Lipinski definition) is 8. The number of methoxy groups -OCH3 is 2. The third kappa shape index (κ3) is 6.02. The van der Waals surface area contributed by atoms with Gasteiger partial charge in [-0.2, -0.15) is 0 Å². The minimum absolute atomic E-state index is 0.182. The first kappa shape index (κ1) is 24.1. The van der Waals surface area contributed by atoms with Crippen LogP contribution in [-0.4, -0.2) is 59.5 Å². The van der Waals surface area contributed by atoms with Crippen molar-refractivity contribution < 1.29 is 33.7 Å². The highest BCUT2D eigenvalue weighted by Crippen LogP contribution is 2.34. The largest absolute Gasteiger partial charge is 0.495 e. The van der Waals surface area contributed by atoms with Gasteiger partial charge in [0, 0.05) is 0 Å². The Bertz CT molecular complexity index is 1130. The van der Waals surface area contributed by atoms with Crippen LogP contribution in [0.4, 0.5) is 5.69 Å². The third-order valence-electron chi connectivity index (χ3n) is 4.39. The Kier molecular flexibility index (Phi) is 7.91. The van der Waals surface area contributed by atoms with Gasteiger partial charge in [0.05, 0.1) is 24.8 Å². The van der Waals surface area contributed by atoms with Crippen LogP contribution in [0.25, 0.3) is 6.08 Å². The molecular formula is C22H20N2O7S2. The molecule has 0 radical (unpaired) electrons. The summed E-state index contributed by atoms with van der Waals surface area (Å²) in [6, 6.07) is 11.9. The van der Waals surface area contributed by atoms with Crippen LogP contribution >= 0.6 is 24.0 Å². The number of nitrogens with one attached hydrogen (secondary N) is 1. The molecule has 2 aromatic rings. The second-order valence-corrected chi connectivity index (χ2v) is 8.28. The monoisotopic (exact) mass is 488 g/mol. The Morgan fingerprint density at radius 2 is 1.85 bits per heavy atom. The van der Waals surface area contributed by atoms with Gasteiger partial charge in [0.1, 0.15) is 16.6 Å². The predicted octanol–water partition coefficient (Wildman–Crippen LogP) is 3.01. The lowest BCUT2D eigenvalue weighted by molar-refractivity contribution is -0.140. The fraction of sp³-hybridized carbons (Fsp3) is 0.182. The summed E-state index contributed by atoms with van der Waals surface area (Å²) in [5, 5.41) is 11.7. The molecule has 33 heavy (non-hydrogen) atoms. The lowest BCUT2D eigenvalue weighted by atomic mass is 10.2. The number of rotatable bonds is 9. The second-order valence-electron chi connectivity index (χ2n) is 6.61. The van der Waals surface area contributed by atoms with Crippen LogP contribution in [0.5, 0.6) is 17.2 Å². The number of aliphatic carboxylic acids is 1. The normalized spacial score (nSPS) is 14.4. The number of carbonyl (C=O) groups is 3. The van der Waals surface area contributed by atoms with Crippen LogP contribution < -0.4 is 19.5 Å². The fourth-order valence-corrected chi connectivity index (χ4v) is 4.15. The summed E-state index contributed by atoms with van der Waals surface area (Å²) >= 11 is 6.12. The van der Waals surface area contributed by atoms with E-state index in [0.29, 0.717) is 33.4 Å². The molecule has 2 N–H and O–H groups in total. The lowest BCUT2D eigenvalue weighted by Crippen LogP contribution is -2.33. The van der Waals surface area contributed by atoms with Crippen LogP contribution in [0.15, 0.2) is 47.4 Å². The Morgan fingerprint density at radius 3 is 2.55 bits per heavy atom. The van der Waals surface area contributed by atoms with E-state index in [1.54, 1.807) is 48.5 Å². The highest BCUT2D eigenvalue weighted by Gasteiger charge is 2.33. The zero-order valence-corrected chi connectivity index (χ0v) is 19.3. The molecule has 0 aliphatic carbocycles. The number of amides is 2. The molecule has 9 nitrogen and oxygen atoms in total. The van der Waals surface area contributed by atoms with E-state index in [9.17, 15) is 14.4 Å². The first-order chi connectivity index (χ1) is 15.8. The minimum Gasteiger partial charge on any atom is -0.495 e. The van der Waals surface area contributed by atoms with E-state index in [-0.39, 0.29) is 16.8 Å². The Hall–Kier alpha value is -3.57. The topological polar surface area (TPSA) is 114 Å². The average Bonchev–Trinajstić information content (AvgIpc) is 3.05.